The molecule has 4 rings (SSSR count). The first-order chi connectivity index (χ1) is 11.2. The summed E-state index contributed by atoms with van der Waals surface area (Å²) in [4.78, 5) is 15.1. The molecule has 0 radical (unpaired) electrons. The van der Waals surface area contributed by atoms with E-state index in [1.807, 2.05) is 12.1 Å². The van der Waals surface area contributed by atoms with Gasteiger partial charge in [-0.25, -0.2) is 0 Å². The van der Waals surface area contributed by atoms with Gasteiger partial charge in [0, 0.05) is 23.0 Å². The van der Waals surface area contributed by atoms with Crippen molar-refractivity contribution in [3.05, 3.63) is 34.9 Å². The van der Waals surface area contributed by atoms with E-state index in [-0.39, 0.29) is 17.4 Å². The quantitative estimate of drug-likeness (QED) is 0.895. The maximum Gasteiger partial charge on any atom is 0.237 e. The molecule has 2 aliphatic carbocycles. The number of nitrogens with one attached hydrogen (secondary N) is 1. The fraction of sp³-hybridized carbons (Fsp3) is 0.632. The summed E-state index contributed by atoms with van der Waals surface area (Å²) in [5, 5.41) is 4.10. The Balaban J connectivity index is 1.43. The highest BCUT2D eigenvalue weighted by molar-refractivity contribution is 6.31. The van der Waals surface area contributed by atoms with E-state index in [1.165, 1.54) is 24.8 Å². The molecule has 23 heavy (non-hydrogen) atoms. The Hall–Kier alpha value is -1.06. The van der Waals surface area contributed by atoms with E-state index in [1.54, 1.807) is 0 Å². The van der Waals surface area contributed by atoms with Gasteiger partial charge < -0.3 is 5.32 Å². The standard InChI is InChI=1S/C19H25ClN2O/c20-16-6-2-1-5-15(16)19(10-4-11-19)13-21-18(23)17-7-3-12-22(17)14-8-9-14/h1-2,5-6,14,17H,3-4,7-13H2,(H,21,23)/t17-/m0/s1. The summed E-state index contributed by atoms with van der Waals surface area (Å²) in [6.07, 6.45) is 8.17. The molecule has 0 aromatic heterocycles. The van der Waals surface area contributed by atoms with E-state index < -0.39 is 0 Å². The number of hydrogen-bond donors (Lipinski definition) is 1. The molecule has 3 aliphatic rings. The van der Waals surface area contributed by atoms with Crippen LogP contribution in [0.25, 0.3) is 0 Å². The molecule has 0 spiro atoms. The predicted molar refractivity (Wildman–Crippen MR) is 92.7 cm³/mol. The van der Waals surface area contributed by atoms with Crippen LogP contribution in [0.1, 0.15) is 50.5 Å². The summed E-state index contributed by atoms with van der Waals surface area (Å²) in [6, 6.07) is 8.89. The van der Waals surface area contributed by atoms with Gasteiger partial charge in [0.05, 0.1) is 6.04 Å². The van der Waals surface area contributed by atoms with Crippen LogP contribution in [0, 0.1) is 0 Å². The molecule has 124 valence electrons. The van der Waals surface area contributed by atoms with Crippen molar-refractivity contribution in [2.75, 3.05) is 13.1 Å². The molecule has 1 amide bonds. The summed E-state index contributed by atoms with van der Waals surface area (Å²) in [5.74, 6) is 0.229. The van der Waals surface area contributed by atoms with E-state index in [0.29, 0.717) is 6.04 Å². The first kappa shape index (κ1) is 15.5. The lowest BCUT2D eigenvalue weighted by Crippen LogP contribution is -2.50. The maximum atomic E-state index is 12.7. The van der Waals surface area contributed by atoms with Gasteiger partial charge in [0.15, 0.2) is 0 Å². The minimum Gasteiger partial charge on any atom is -0.354 e. The fourth-order valence-electron chi connectivity index (χ4n) is 4.32. The van der Waals surface area contributed by atoms with Crippen molar-refractivity contribution in [3.63, 3.8) is 0 Å². The third-order valence-corrected chi connectivity index (χ3v) is 6.30. The van der Waals surface area contributed by atoms with Crippen molar-refractivity contribution in [2.45, 2.75) is 62.4 Å². The Morgan fingerprint density at radius 1 is 1.22 bits per heavy atom. The van der Waals surface area contributed by atoms with Crippen molar-refractivity contribution in [1.29, 1.82) is 0 Å². The largest absolute Gasteiger partial charge is 0.354 e. The smallest absolute Gasteiger partial charge is 0.237 e. The van der Waals surface area contributed by atoms with E-state index in [9.17, 15) is 4.79 Å². The highest BCUT2D eigenvalue weighted by Crippen LogP contribution is 2.45. The van der Waals surface area contributed by atoms with E-state index in [2.05, 4.69) is 22.3 Å². The lowest BCUT2D eigenvalue weighted by Gasteiger charge is -2.43. The Labute approximate surface area is 143 Å². The van der Waals surface area contributed by atoms with Crippen LogP contribution >= 0.6 is 11.6 Å². The molecule has 4 heteroatoms. The summed E-state index contributed by atoms with van der Waals surface area (Å²) < 4.78 is 0. The van der Waals surface area contributed by atoms with E-state index >= 15 is 0 Å². The van der Waals surface area contributed by atoms with Crippen LogP contribution in [0.5, 0.6) is 0 Å². The second-order valence-electron chi connectivity index (χ2n) is 7.46. The molecule has 0 bridgehead atoms. The Morgan fingerprint density at radius 2 is 2.00 bits per heavy atom. The average molecular weight is 333 g/mol. The predicted octanol–water partition coefficient (Wildman–Crippen LogP) is 3.50. The second-order valence-corrected chi connectivity index (χ2v) is 7.87. The third kappa shape index (κ3) is 2.89. The van der Waals surface area contributed by atoms with Crippen LogP contribution in [0.2, 0.25) is 5.02 Å². The number of likely N-dealkylation sites (tertiary alicyclic amines) is 1. The second kappa shape index (κ2) is 6.10. The molecule has 1 N–H and O–H groups in total. The summed E-state index contributed by atoms with van der Waals surface area (Å²) >= 11 is 6.42. The van der Waals surface area contributed by atoms with Gasteiger partial charge in [-0.05, 0) is 56.7 Å². The highest BCUT2D eigenvalue weighted by Gasteiger charge is 2.43. The summed E-state index contributed by atoms with van der Waals surface area (Å²) in [7, 11) is 0. The molecule has 0 unspecified atom stereocenters. The molecule has 1 atom stereocenters. The first-order valence-electron chi connectivity index (χ1n) is 8.98. The van der Waals surface area contributed by atoms with Crippen molar-refractivity contribution in [3.8, 4) is 0 Å². The molecule has 1 aromatic carbocycles. The van der Waals surface area contributed by atoms with E-state index in [4.69, 9.17) is 11.6 Å². The van der Waals surface area contributed by atoms with Crippen LogP contribution in [-0.2, 0) is 10.2 Å². The Kier molecular flexibility index (Phi) is 4.10. The molecule has 3 nitrogen and oxygen atoms in total. The zero-order chi connectivity index (χ0) is 15.9. The number of hydrogen-bond acceptors (Lipinski definition) is 2. The lowest BCUT2D eigenvalue weighted by atomic mass is 9.64. The van der Waals surface area contributed by atoms with Gasteiger partial charge in [0.2, 0.25) is 5.91 Å². The van der Waals surface area contributed by atoms with Crippen molar-refractivity contribution in [2.24, 2.45) is 0 Å². The normalized spacial score (nSPS) is 26.7. The van der Waals surface area contributed by atoms with Crippen molar-refractivity contribution >= 4 is 17.5 Å². The lowest BCUT2D eigenvalue weighted by molar-refractivity contribution is -0.126. The number of halogens is 1. The van der Waals surface area contributed by atoms with Gasteiger partial charge in [-0.2, -0.15) is 0 Å². The summed E-state index contributed by atoms with van der Waals surface area (Å²) in [6.45, 7) is 1.82. The Morgan fingerprint density at radius 3 is 2.65 bits per heavy atom. The minimum absolute atomic E-state index is 0.0526. The topological polar surface area (TPSA) is 32.3 Å². The van der Waals surface area contributed by atoms with Gasteiger partial charge in [0.25, 0.3) is 0 Å². The van der Waals surface area contributed by atoms with Gasteiger partial charge in [-0.1, -0.05) is 36.2 Å². The number of benzene rings is 1. The molecule has 1 aromatic rings. The first-order valence-corrected chi connectivity index (χ1v) is 9.36. The van der Waals surface area contributed by atoms with Gasteiger partial charge in [-0.3, -0.25) is 9.69 Å². The van der Waals surface area contributed by atoms with Gasteiger partial charge in [0.1, 0.15) is 0 Å². The third-order valence-electron chi connectivity index (χ3n) is 5.97. The molecular formula is C19H25ClN2O. The molecule has 1 heterocycles. The SMILES string of the molecule is O=C(NCC1(c2ccccc2Cl)CCC1)[C@@H]1CCCN1C1CC1. The molecular weight excluding hydrogens is 308 g/mol. The van der Waals surface area contributed by atoms with Crippen LogP contribution in [0.4, 0.5) is 0 Å². The zero-order valence-corrected chi connectivity index (χ0v) is 14.3. The number of rotatable bonds is 5. The number of amides is 1. The van der Waals surface area contributed by atoms with Crippen LogP contribution in [0.15, 0.2) is 24.3 Å². The molecule has 2 saturated carbocycles. The van der Waals surface area contributed by atoms with Crippen LogP contribution in [0.3, 0.4) is 0 Å². The Bertz CT molecular complexity index is 595. The molecule has 1 aliphatic heterocycles. The minimum atomic E-state index is 0.0526. The zero-order valence-electron chi connectivity index (χ0n) is 13.6. The van der Waals surface area contributed by atoms with Crippen molar-refractivity contribution in [1.82, 2.24) is 10.2 Å². The van der Waals surface area contributed by atoms with Gasteiger partial charge >= 0.3 is 0 Å². The molecule has 1 saturated heterocycles. The number of nitrogens with zero attached hydrogens (tertiary/aromatic N) is 1. The average Bonchev–Trinajstić information content (AvgIpc) is 3.24. The number of carbonyl (C=O) groups excluding carboxylic acids is 1. The summed E-state index contributed by atoms with van der Waals surface area (Å²) in [5.41, 5.74) is 1.26. The van der Waals surface area contributed by atoms with Crippen molar-refractivity contribution < 1.29 is 4.79 Å². The van der Waals surface area contributed by atoms with Crippen LogP contribution in [-0.4, -0.2) is 36.0 Å². The van der Waals surface area contributed by atoms with Crippen LogP contribution < -0.4 is 5.32 Å². The molecule has 3 fully saturated rings. The monoisotopic (exact) mass is 332 g/mol. The van der Waals surface area contributed by atoms with E-state index in [0.717, 1.165) is 43.8 Å². The maximum absolute atomic E-state index is 12.7. The van der Waals surface area contributed by atoms with Gasteiger partial charge in [-0.15, -0.1) is 0 Å². The highest BCUT2D eigenvalue weighted by atomic mass is 35.5. The number of carbonyl (C=O) groups is 1. The fourth-order valence-corrected chi connectivity index (χ4v) is 4.66.